The number of amides is 1. The van der Waals surface area contributed by atoms with Gasteiger partial charge in [0.1, 0.15) is 0 Å². The van der Waals surface area contributed by atoms with Gasteiger partial charge in [-0.05, 0) is 44.7 Å². The topological polar surface area (TPSA) is 49.3 Å². The van der Waals surface area contributed by atoms with E-state index in [1.165, 1.54) is 0 Å². The van der Waals surface area contributed by atoms with Crippen LogP contribution in [0.1, 0.15) is 34.3 Å². The molecule has 1 aliphatic carbocycles. The van der Waals surface area contributed by atoms with Crippen LogP contribution >= 0.6 is 0 Å². The highest BCUT2D eigenvalue weighted by molar-refractivity contribution is 5.94. The number of hydrogen-bond donors (Lipinski definition) is 2. The van der Waals surface area contributed by atoms with Gasteiger partial charge in [0.2, 0.25) is 0 Å². The molecule has 1 aromatic rings. The number of nitrogens with one attached hydrogen (secondary N) is 1. The molecule has 1 amide bonds. The monoisotopic (exact) mass is 233 g/mol. The van der Waals surface area contributed by atoms with E-state index < -0.39 is 0 Å². The van der Waals surface area contributed by atoms with Crippen molar-refractivity contribution in [2.45, 2.75) is 32.8 Å². The minimum Gasteiger partial charge on any atom is -0.391 e. The Labute approximate surface area is 102 Å². The maximum Gasteiger partial charge on any atom is 0.251 e. The van der Waals surface area contributed by atoms with Gasteiger partial charge in [0.15, 0.2) is 0 Å². The molecule has 1 saturated carbocycles. The molecule has 0 heterocycles. The zero-order valence-electron chi connectivity index (χ0n) is 10.4. The van der Waals surface area contributed by atoms with Crippen molar-refractivity contribution < 1.29 is 9.90 Å². The van der Waals surface area contributed by atoms with Crippen molar-refractivity contribution in [3.05, 3.63) is 34.9 Å². The van der Waals surface area contributed by atoms with Gasteiger partial charge in [-0.2, -0.15) is 0 Å². The summed E-state index contributed by atoms with van der Waals surface area (Å²) in [6.07, 6.45) is 1.78. The summed E-state index contributed by atoms with van der Waals surface area (Å²) in [5.41, 5.74) is 2.83. The molecule has 0 radical (unpaired) electrons. The van der Waals surface area contributed by atoms with Crippen LogP contribution in [-0.2, 0) is 0 Å². The molecule has 2 N–H and O–H groups in total. The van der Waals surface area contributed by atoms with Crippen LogP contribution in [0, 0.1) is 19.8 Å². The average Bonchev–Trinajstić information content (AvgIpc) is 3.07. The zero-order chi connectivity index (χ0) is 12.4. The molecule has 0 bridgehead atoms. The lowest BCUT2D eigenvalue weighted by Gasteiger charge is -2.11. The van der Waals surface area contributed by atoms with Crippen LogP contribution in [0.4, 0.5) is 0 Å². The van der Waals surface area contributed by atoms with E-state index in [2.05, 4.69) is 5.32 Å². The molecule has 1 atom stereocenters. The minimum absolute atomic E-state index is 0.100. The predicted octanol–water partition coefficient (Wildman–Crippen LogP) is 1.80. The van der Waals surface area contributed by atoms with E-state index in [0.717, 1.165) is 24.0 Å². The van der Waals surface area contributed by atoms with Gasteiger partial charge >= 0.3 is 0 Å². The van der Waals surface area contributed by atoms with E-state index in [9.17, 15) is 9.90 Å². The number of carbonyl (C=O) groups is 1. The molecule has 3 nitrogen and oxygen atoms in total. The van der Waals surface area contributed by atoms with E-state index in [1.807, 2.05) is 32.0 Å². The lowest BCUT2D eigenvalue weighted by molar-refractivity contribution is 0.0901. The van der Waals surface area contributed by atoms with Gasteiger partial charge in [0.05, 0.1) is 6.10 Å². The highest BCUT2D eigenvalue weighted by Gasteiger charge is 2.29. The summed E-state index contributed by atoms with van der Waals surface area (Å²) < 4.78 is 0. The third-order valence-electron chi connectivity index (χ3n) is 3.12. The highest BCUT2D eigenvalue weighted by Crippen LogP contribution is 2.32. The Morgan fingerprint density at radius 2 is 1.94 bits per heavy atom. The Bertz CT molecular complexity index is 404. The van der Waals surface area contributed by atoms with Crippen LogP contribution in [0.3, 0.4) is 0 Å². The van der Waals surface area contributed by atoms with E-state index in [-0.39, 0.29) is 12.0 Å². The Morgan fingerprint density at radius 1 is 1.35 bits per heavy atom. The molecule has 0 aliphatic heterocycles. The van der Waals surface area contributed by atoms with Crippen LogP contribution in [0.25, 0.3) is 0 Å². The van der Waals surface area contributed by atoms with Crippen LogP contribution in [0.15, 0.2) is 18.2 Å². The molecule has 0 saturated heterocycles. The number of rotatable bonds is 4. The molecule has 2 rings (SSSR count). The fourth-order valence-electron chi connectivity index (χ4n) is 2.05. The molecule has 1 aromatic carbocycles. The van der Waals surface area contributed by atoms with Crippen molar-refractivity contribution >= 4 is 5.91 Å². The van der Waals surface area contributed by atoms with Gasteiger partial charge in [0, 0.05) is 12.1 Å². The Morgan fingerprint density at radius 3 is 2.47 bits per heavy atom. The van der Waals surface area contributed by atoms with Crippen LogP contribution < -0.4 is 5.32 Å². The number of benzene rings is 1. The Balaban J connectivity index is 1.94. The summed E-state index contributed by atoms with van der Waals surface area (Å²) in [7, 11) is 0. The van der Waals surface area contributed by atoms with Crippen molar-refractivity contribution in [3.8, 4) is 0 Å². The maximum absolute atomic E-state index is 11.9. The molecule has 92 valence electrons. The quantitative estimate of drug-likeness (QED) is 0.833. The first-order valence-corrected chi connectivity index (χ1v) is 6.11. The summed E-state index contributed by atoms with van der Waals surface area (Å²) in [5, 5.41) is 12.5. The minimum atomic E-state index is -0.384. The predicted molar refractivity (Wildman–Crippen MR) is 67.0 cm³/mol. The van der Waals surface area contributed by atoms with Gasteiger partial charge in [0.25, 0.3) is 5.91 Å². The largest absolute Gasteiger partial charge is 0.391 e. The number of carbonyl (C=O) groups excluding carboxylic acids is 1. The Kier molecular flexibility index (Phi) is 3.48. The van der Waals surface area contributed by atoms with Crippen LogP contribution in [0.2, 0.25) is 0 Å². The fraction of sp³-hybridized carbons (Fsp3) is 0.500. The highest BCUT2D eigenvalue weighted by atomic mass is 16.3. The van der Waals surface area contributed by atoms with Crippen LogP contribution in [0.5, 0.6) is 0 Å². The van der Waals surface area contributed by atoms with Gasteiger partial charge in [-0.15, -0.1) is 0 Å². The second-order valence-electron chi connectivity index (χ2n) is 4.99. The lowest BCUT2D eigenvalue weighted by Crippen LogP contribution is -2.33. The first-order valence-electron chi connectivity index (χ1n) is 6.11. The van der Waals surface area contributed by atoms with E-state index >= 15 is 0 Å². The van der Waals surface area contributed by atoms with Crippen molar-refractivity contribution in [2.24, 2.45) is 5.92 Å². The summed E-state index contributed by atoms with van der Waals surface area (Å²) in [6.45, 7) is 4.31. The lowest BCUT2D eigenvalue weighted by atomic mass is 10.1. The van der Waals surface area contributed by atoms with E-state index in [4.69, 9.17) is 0 Å². The first kappa shape index (κ1) is 12.1. The SMILES string of the molecule is Cc1cc(C)cc(C(=O)NCC(O)C2CC2)c1. The molecule has 17 heavy (non-hydrogen) atoms. The summed E-state index contributed by atoms with van der Waals surface area (Å²) in [5.74, 6) is 0.297. The smallest absolute Gasteiger partial charge is 0.251 e. The molecular formula is C14H19NO2. The number of aryl methyl sites for hydroxylation is 2. The number of hydrogen-bond acceptors (Lipinski definition) is 2. The van der Waals surface area contributed by atoms with E-state index in [0.29, 0.717) is 18.0 Å². The molecule has 0 aromatic heterocycles. The first-order chi connectivity index (χ1) is 8.06. The van der Waals surface area contributed by atoms with Gasteiger partial charge < -0.3 is 10.4 Å². The van der Waals surface area contributed by atoms with Gasteiger partial charge in [-0.3, -0.25) is 4.79 Å². The number of aliphatic hydroxyl groups excluding tert-OH is 1. The second-order valence-corrected chi connectivity index (χ2v) is 4.99. The molecule has 1 fully saturated rings. The van der Waals surface area contributed by atoms with Gasteiger partial charge in [-0.25, -0.2) is 0 Å². The normalized spacial score (nSPS) is 16.6. The molecule has 1 unspecified atom stereocenters. The molecule has 1 aliphatic rings. The second kappa shape index (κ2) is 4.88. The third kappa shape index (κ3) is 3.30. The van der Waals surface area contributed by atoms with Crippen molar-refractivity contribution in [1.29, 1.82) is 0 Å². The third-order valence-corrected chi connectivity index (χ3v) is 3.12. The van der Waals surface area contributed by atoms with Crippen molar-refractivity contribution in [1.82, 2.24) is 5.32 Å². The Hall–Kier alpha value is -1.35. The van der Waals surface area contributed by atoms with Gasteiger partial charge in [-0.1, -0.05) is 17.2 Å². The van der Waals surface area contributed by atoms with Crippen LogP contribution in [-0.4, -0.2) is 23.7 Å². The summed E-state index contributed by atoms with van der Waals surface area (Å²) in [4.78, 5) is 11.9. The van der Waals surface area contributed by atoms with Crippen molar-refractivity contribution in [3.63, 3.8) is 0 Å². The summed E-state index contributed by atoms with van der Waals surface area (Å²) >= 11 is 0. The molecular weight excluding hydrogens is 214 g/mol. The zero-order valence-corrected chi connectivity index (χ0v) is 10.4. The number of aliphatic hydroxyl groups is 1. The fourth-order valence-corrected chi connectivity index (χ4v) is 2.05. The standard InChI is InChI=1S/C14H19NO2/c1-9-5-10(2)7-12(6-9)14(17)15-8-13(16)11-3-4-11/h5-7,11,13,16H,3-4,8H2,1-2H3,(H,15,17). The average molecular weight is 233 g/mol. The molecule has 3 heteroatoms. The van der Waals surface area contributed by atoms with Crippen molar-refractivity contribution in [2.75, 3.05) is 6.54 Å². The molecule has 0 spiro atoms. The van der Waals surface area contributed by atoms with E-state index in [1.54, 1.807) is 0 Å². The maximum atomic E-state index is 11.9. The summed E-state index contributed by atoms with van der Waals surface area (Å²) in [6, 6.07) is 5.77.